The Morgan fingerprint density at radius 2 is 1.36 bits per heavy atom. The summed E-state index contributed by atoms with van der Waals surface area (Å²) in [6, 6.07) is 13.1. The van der Waals surface area contributed by atoms with Gasteiger partial charge in [-0.15, -0.1) is 0 Å². The van der Waals surface area contributed by atoms with E-state index in [1.54, 1.807) is 7.11 Å². The molecule has 2 aromatic carbocycles. The lowest BCUT2D eigenvalue weighted by Gasteiger charge is -2.06. The topological polar surface area (TPSA) is 9.23 Å². The molecule has 22 heavy (non-hydrogen) atoms. The highest BCUT2D eigenvalue weighted by atomic mass is 16.5. The molecule has 0 aliphatic rings. The average molecular weight is 298 g/mol. The maximum Gasteiger partial charge on any atom is 0.119 e. The molecule has 0 fully saturated rings. The first-order valence-electron chi connectivity index (χ1n) is 8.90. The number of ether oxygens (including phenoxy) is 1. The number of rotatable bonds is 10. The number of hydrogen-bond donors (Lipinski definition) is 0. The quantitative estimate of drug-likeness (QED) is 0.453. The first-order valence-corrected chi connectivity index (χ1v) is 8.90. The van der Waals surface area contributed by atoms with E-state index >= 15 is 0 Å². The van der Waals surface area contributed by atoms with E-state index in [0.29, 0.717) is 0 Å². The van der Waals surface area contributed by atoms with Gasteiger partial charge in [-0.25, -0.2) is 0 Å². The van der Waals surface area contributed by atoms with Crippen molar-refractivity contribution in [3.05, 3.63) is 42.0 Å². The molecule has 1 heteroatoms. The molecular weight excluding hydrogens is 268 g/mol. The molecule has 0 aromatic heterocycles. The van der Waals surface area contributed by atoms with Gasteiger partial charge in [-0.2, -0.15) is 0 Å². The molecule has 0 bridgehead atoms. The van der Waals surface area contributed by atoms with Crippen LogP contribution in [-0.4, -0.2) is 7.11 Å². The van der Waals surface area contributed by atoms with Crippen LogP contribution in [0.15, 0.2) is 36.4 Å². The highest BCUT2D eigenvalue weighted by Crippen LogP contribution is 2.22. The third-order valence-electron chi connectivity index (χ3n) is 4.43. The van der Waals surface area contributed by atoms with Crippen LogP contribution in [0, 0.1) is 0 Å². The van der Waals surface area contributed by atoms with E-state index in [1.165, 1.54) is 74.1 Å². The van der Waals surface area contributed by atoms with Gasteiger partial charge in [-0.05, 0) is 41.3 Å². The van der Waals surface area contributed by atoms with Gasteiger partial charge in [0, 0.05) is 0 Å². The molecule has 0 saturated heterocycles. The van der Waals surface area contributed by atoms with Crippen LogP contribution in [0.25, 0.3) is 10.8 Å². The Morgan fingerprint density at radius 3 is 2.09 bits per heavy atom. The van der Waals surface area contributed by atoms with Crippen molar-refractivity contribution in [2.24, 2.45) is 0 Å². The summed E-state index contributed by atoms with van der Waals surface area (Å²) in [7, 11) is 1.72. The Balaban J connectivity index is 1.73. The second-order valence-electron chi connectivity index (χ2n) is 6.27. The van der Waals surface area contributed by atoms with E-state index < -0.39 is 0 Å². The third kappa shape index (κ3) is 5.36. The lowest BCUT2D eigenvalue weighted by atomic mass is 10.0. The van der Waals surface area contributed by atoms with Crippen LogP contribution in [0.4, 0.5) is 0 Å². The molecule has 1 nitrogen and oxygen atoms in total. The number of fused-ring (bicyclic) bond motifs is 1. The fourth-order valence-corrected chi connectivity index (χ4v) is 3.02. The van der Waals surface area contributed by atoms with Crippen LogP contribution in [-0.2, 0) is 6.42 Å². The average Bonchev–Trinajstić information content (AvgIpc) is 2.56. The van der Waals surface area contributed by atoms with Gasteiger partial charge in [0.1, 0.15) is 5.75 Å². The minimum absolute atomic E-state index is 0.934. The SMILES string of the molecule is CCCCCCCCCCc1ccc2cc(OC)ccc2c1. The lowest BCUT2D eigenvalue weighted by molar-refractivity contribution is 0.415. The fraction of sp³-hybridized carbons (Fsp3) is 0.524. The summed E-state index contributed by atoms with van der Waals surface area (Å²) in [5.41, 5.74) is 1.46. The summed E-state index contributed by atoms with van der Waals surface area (Å²) < 4.78 is 5.28. The molecule has 0 heterocycles. The van der Waals surface area contributed by atoms with Crippen molar-refractivity contribution >= 4 is 10.8 Å². The van der Waals surface area contributed by atoms with Crippen molar-refractivity contribution in [3.63, 3.8) is 0 Å². The predicted octanol–water partition coefficient (Wildman–Crippen LogP) is 6.53. The van der Waals surface area contributed by atoms with Gasteiger partial charge in [0.25, 0.3) is 0 Å². The van der Waals surface area contributed by atoms with Gasteiger partial charge < -0.3 is 4.74 Å². The zero-order chi connectivity index (χ0) is 15.6. The Labute approximate surface area is 135 Å². The summed E-state index contributed by atoms with van der Waals surface area (Å²) in [5, 5.41) is 2.58. The molecule has 0 spiro atoms. The van der Waals surface area contributed by atoms with Crippen molar-refractivity contribution < 1.29 is 4.74 Å². The summed E-state index contributed by atoms with van der Waals surface area (Å²) in [4.78, 5) is 0. The molecule has 0 aliphatic carbocycles. The van der Waals surface area contributed by atoms with E-state index in [0.717, 1.165) is 5.75 Å². The minimum Gasteiger partial charge on any atom is -0.497 e. The maximum absolute atomic E-state index is 5.28. The Hall–Kier alpha value is -1.50. The van der Waals surface area contributed by atoms with Crippen molar-refractivity contribution in [2.75, 3.05) is 7.11 Å². The van der Waals surface area contributed by atoms with E-state index in [9.17, 15) is 0 Å². The number of aryl methyl sites for hydroxylation is 1. The van der Waals surface area contributed by atoms with Crippen molar-refractivity contribution in [2.45, 2.75) is 64.7 Å². The molecule has 2 aromatic rings. The van der Waals surface area contributed by atoms with Gasteiger partial charge in [0.2, 0.25) is 0 Å². The fourth-order valence-electron chi connectivity index (χ4n) is 3.02. The monoisotopic (exact) mass is 298 g/mol. The normalized spacial score (nSPS) is 11.0. The maximum atomic E-state index is 5.28. The van der Waals surface area contributed by atoms with Crippen LogP contribution in [0.5, 0.6) is 5.75 Å². The first kappa shape index (κ1) is 16.9. The Morgan fingerprint density at radius 1 is 0.727 bits per heavy atom. The van der Waals surface area contributed by atoms with Crippen LogP contribution < -0.4 is 4.74 Å². The van der Waals surface area contributed by atoms with E-state index in [2.05, 4.69) is 37.3 Å². The molecule has 0 atom stereocenters. The van der Waals surface area contributed by atoms with Gasteiger partial charge in [-0.1, -0.05) is 76.1 Å². The second-order valence-corrected chi connectivity index (χ2v) is 6.27. The van der Waals surface area contributed by atoms with Gasteiger partial charge in [0.05, 0.1) is 7.11 Å². The van der Waals surface area contributed by atoms with Gasteiger partial charge in [-0.3, -0.25) is 0 Å². The predicted molar refractivity (Wildman–Crippen MR) is 96.8 cm³/mol. The molecule has 0 radical (unpaired) electrons. The highest BCUT2D eigenvalue weighted by Gasteiger charge is 1.99. The van der Waals surface area contributed by atoms with Crippen molar-refractivity contribution in [1.29, 1.82) is 0 Å². The van der Waals surface area contributed by atoms with Crippen LogP contribution in [0.2, 0.25) is 0 Å². The van der Waals surface area contributed by atoms with Gasteiger partial charge in [0.15, 0.2) is 0 Å². The molecule has 120 valence electrons. The standard InChI is InChI=1S/C21H30O/c1-3-4-5-6-7-8-9-10-11-18-12-13-20-17-21(22-2)15-14-19(20)16-18/h12-17H,3-11H2,1-2H3. The summed E-state index contributed by atoms with van der Waals surface area (Å²) in [6.45, 7) is 2.28. The zero-order valence-corrected chi connectivity index (χ0v) is 14.2. The first-order chi connectivity index (χ1) is 10.8. The van der Waals surface area contributed by atoms with Gasteiger partial charge >= 0.3 is 0 Å². The Kier molecular flexibility index (Phi) is 7.28. The number of unbranched alkanes of at least 4 members (excludes halogenated alkanes) is 7. The van der Waals surface area contributed by atoms with Crippen LogP contribution >= 0.6 is 0 Å². The zero-order valence-electron chi connectivity index (χ0n) is 14.2. The number of hydrogen-bond acceptors (Lipinski definition) is 1. The summed E-state index contributed by atoms with van der Waals surface area (Å²) >= 11 is 0. The Bertz CT molecular complexity index is 559. The molecule has 0 unspecified atom stereocenters. The number of benzene rings is 2. The summed E-state index contributed by atoms with van der Waals surface area (Å²) in [6.07, 6.45) is 12.3. The van der Waals surface area contributed by atoms with E-state index in [-0.39, 0.29) is 0 Å². The minimum atomic E-state index is 0.934. The van der Waals surface area contributed by atoms with Crippen LogP contribution in [0.3, 0.4) is 0 Å². The van der Waals surface area contributed by atoms with E-state index in [1.807, 2.05) is 6.07 Å². The second kappa shape index (κ2) is 9.50. The molecule has 0 saturated carbocycles. The highest BCUT2D eigenvalue weighted by molar-refractivity contribution is 5.84. The third-order valence-corrected chi connectivity index (χ3v) is 4.43. The van der Waals surface area contributed by atoms with Crippen molar-refractivity contribution in [3.8, 4) is 5.75 Å². The van der Waals surface area contributed by atoms with Crippen LogP contribution in [0.1, 0.15) is 63.9 Å². The van der Waals surface area contributed by atoms with Crippen molar-refractivity contribution in [1.82, 2.24) is 0 Å². The molecule has 0 N–H and O–H groups in total. The lowest BCUT2D eigenvalue weighted by Crippen LogP contribution is -1.88. The largest absolute Gasteiger partial charge is 0.497 e. The molecule has 2 rings (SSSR count). The molecule has 0 amide bonds. The smallest absolute Gasteiger partial charge is 0.119 e. The summed E-state index contributed by atoms with van der Waals surface area (Å²) in [5.74, 6) is 0.934. The molecular formula is C21H30O. The molecule has 0 aliphatic heterocycles. The van der Waals surface area contributed by atoms with E-state index in [4.69, 9.17) is 4.74 Å². The number of methoxy groups -OCH3 is 1.